The van der Waals surface area contributed by atoms with Gasteiger partial charge in [0.15, 0.2) is 12.4 Å². The van der Waals surface area contributed by atoms with E-state index in [-0.39, 0.29) is 24.0 Å². The maximum atomic E-state index is 12.2. The Morgan fingerprint density at radius 2 is 2.12 bits per heavy atom. The van der Waals surface area contributed by atoms with Crippen LogP contribution in [0.15, 0.2) is 40.9 Å². The van der Waals surface area contributed by atoms with Crippen molar-refractivity contribution >= 4 is 5.91 Å². The second-order valence-electron chi connectivity index (χ2n) is 7.40. The number of nitrogens with one attached hydrogen (secondary N) is 1. The van der Waals surface area contributed by atoms with Crippen LogP contribution >= 0.6 is 0 Å². The molecule has 0 spiro atoms. The third-order valence-electron chi connectivity index (χ3n) is 5.27. The highest BCUT2D eigenvalue weighted by Crippen LogP contribution is 2.47. The van der Waals surface area contributed by atoms with Gasteiger partial charge in [-0.1, -0.05) is 37.2 Å². The minimum Gasteiger partial charge on any atom is -0.484 e. The van der Waals surface area contributed by atoms with Gasteiger partial charge in [0.05, 0.1) is 5.69 Å². The predicted octanol–water partition coefficient (Wildman–Crippen LogP) is 2.97. The van der Waals surface area contributed by atoms with E-state index in [1.165, 1.54) is 0 Å². The van der Waals surface area contributed by atoms with Gasteiger partial charge in [-0.25, -0.2) is 0 Å². The van der Waals surface area contributed by atoms with Crippen molar-refractivity contribution in [2.75, 3.05) is 13.7 Å². The molecule has 0 unspecified atom stereocenters. The number of carbonyl (C=O) groups excluding carboxylic acids is 1. The molecule has 2 atom stereocenters. The number of hydrogen-bond donors (Lipinski definition) is 1. The molecular weight excluding hydrogens is 332 g/mol. The highest BCUT2D eigenvalue weighted by Gasteiger charge is 2.48. The van der Waals surface area contributed by atoms with Crippen molar-refractivity contribution in [1.29, 1.82) is 0 Å². The lowest BCUT2D eigenvalue weighted by Crippen LogP contribution is -2.59. The monoisotopic (exact) mass is 358 g/mol. The zero-order chi connectivity index (χ0) is 18.6. The lowest BCUT2D eigenvalue weighted by Gasteiger charge is -2.52. The number of methoxy groups -OCH3 is 1. The Morgan fingerprint density at radius 1 is 1.35 bits per heavy atom. The van der Waals surface area contributed by atoms with Gasteiger partial charge in [0, 0.05) is 19.2 Å². The number of carbonyl (C=O) groups is 1. The highest BCUT2D eigenvalue weighted by molar-refractivity contribution is 5.78. The highest BCUT2D eigenvalue weighted by atomic mass is 16.5. The summed E-state index contributed by atoms with van der Waals surface area (Å²) >= 11 is 0. The quantitative estimate of drug-likeness (QED) is 0.785. The first-order chi connectivity index (χ1) is 12.5. The van der Waals surface area contributed by atoms with Crippen molar-refractivity contribution in [3.05, 3.63) is 47.9 Å². The number of rotatable bonds is 8. The summed E-state index contributed by atoms with van der Waals surface area (Å²) < 4.78 is 15.8. The van der Waals surface area contributed by atoms with Crippen LogP contribution in [0.2, 0.25) is 0 Å². The summed E-state index contributed by atoms with van der Waals surface area (Å²) in [6.07, 6.45) is 1.77. The molecule has 1 aliphatic rings. The molecule has 1 heterocycles. The molecule has 0 aliphatic heterocycles. The SMILES string of the molecule is COCc1cc(C[C@@H]2C[C@H](NC(=O)COc3ccccc3)C2(C)C)no1. The van der Waals surface area contributed by atoms with Crippen molar-refractivity contribution in [2.24, 2.45) is 11.3 Å². The zero-order valence-corrected chi connectivity index (χ0v) is 15.5. The van der Waals surface area contributed by atoms with Gasteiger partial charge in [-0.15, -0.1) is 0 Å². The van der Waals surface area contributed by atoms with Gasteiger partial charge in [-0.05, 0) is 36.3 Å². The van der Waals surface area contributed by atoms with Crippen LogP contribution in [0.3, 0.4) is 0 Å². The van der Waals surface area contributed by atoms with E-state index in [2.05, 4.69) is 24.3 Å². The summed E-state index contributed by atoms with van der Waals surface area (Å²) in [6, 6.07) is 11.4. The van der Waals surface area contributed by atoms with Crippen LogP contribution in [0.5, 0.6) is 5.75 Å². The fourth-order valence-corrected chi connectivity index (χ4v) is 3.42. The van der Waals surface area contributed by atoms with Crippen molar-refractivity contribution in [3.8, 4) is 5.75 Å². The third-order valence-corrected chi connectivity index (χ3v) is 5.27. The molecule has 1 aliphatic carbocycles. The van der Waals surface area contributed by atoms with Crippen molar-refractivity contribution in [1.82, 2.24) is 10.5 Å². The molecule has 3 rings (SSSR count). The minimum absolute atomic E-state index is 0.00275. The maximum absolute atomic E-state index is 12.2. The van der Waals surface area contributed by atoms with Crippen molar-refractivity contribution in [2.45, 2.75) is 39.3 Å². The smallest absolute Gasteiger partial charge is 0.258 e. The Hall–Kier alpha value is -2.34. The van der Waals surface area contributed by atoms with E-state index in [1.807, 2.05) is 36.4 Å². The van der Waals surface area contributed by atoms with E-state index in [0.717, 1.165) is 24.3 Å². The second-order valence-corrected chi connectivity index (χ2v) is 7.40. The van der Waals surface area contributed by atoms with Crippen LogP contribution in [0, 0.1) is 11.3 Å². The van der Waals surface area contributed by atoms with Crippen molar-refractivity contribution < 1.29 is 18.8 Å². The average molecular weight is 358 g/mol. The minimum atomic E-state index is -0.0887. The van der Waals surface area contributed by atoms with Gasteiger partial charge in [0.25, 0.3) is 5.91 Å². The number of ether oxygens (including phenoxy) is 2. The Bertz CT molecular complexity index is 726. The molecule has 26 heavy (non-hydrogen) atoms. The molecule has 1 fully saturated rings. The summed E-state index contributed by atoms with van der Waals surface area (Å²) in [5, 5.41) is 7.20. The normalized spacial score (nSPS) is 21.0. The molecule has 2 aromatic rings. The fourth-order valence-electron chi connectivity index (χ4n) is 3.42. The lowest BCUT2D eigenvalue weighted by molar-refractivity contribution is -0.127. The number of aromatic nitrogens is 1. The van der Waals surface area contributed by atoms with Crippen LogP contribution < -0.4 is 10.1 Å². The molecule has 0 bridgehead atoms. The number of nitrogens with zero attached hydrogens (tertiary/aromatic N) is 1. The van der Waals surface area contributed by atoms with Crippen LogP contribution in [-0.2, 0) is 22.6 Å². The van der Waals surface area contributed by atoms with Gasteiger partial charge >= 0.3 is 0 Å². The first-order valence-corrected chi connectivity index (χ1v) is 8.89. The second kappa shape index (κ2) is 7.91. The molecule has 6 heteroatoms. The first kappa shape index (κ1) is 18.5. The predicted molar refractivity (Wildman–Crippen MR) is 96.7 cm³/mol. The van der Waals surface area contributed by atoms with Gasteiger partial charge in [0.1, 0.15) is 12.4 Å². The molecule has 1 amide bonds. The van der Waals surface area contributed by atoms with Gasteiger partial charge < -0.3 is 19.3 Å². The molecular formula is C20H26N2O4. The number of amides is 1. The largest absolute Gasteiger partial charge is 0.484 e. The third kappa shape index (κ3) is 4.25. The molecule has 1 N–H and O–H groups in total. The molecule has 1 aromatic carbocycles. The van der Waals surface area contributed by atoms with Crippen LogP contribution in [0.1, 0.15) is 31.7 Å². The Kier molecular flexibility index (Phi) is 5.61. The van der Waals surface area contributed by atoms with Gasteiger partial charge in [-0.2, -0.15) is 0 Å². The van der Waals surface area contributed by atoms with E-state index in [4.69, 9.17) is 14.0 Å². The van der Waals surface area contributed by atoms with E-state index < -0.39 is 0 Å². The van der Waals surface area contributed by atoms with Gasteiger partial charge in [-0.3, -0.25) is 4.79 Å². The topological polar surface area (TPSA) is 73.6 Å². The lowest BCUT2D eigenvalue weighted by atomic mass is 9.57. The maximum Gasteiger partial charge on any atom is 0.258 e. The van der Waals surface area contributed by atoms with Crippen LogP contribution in [0.4, 0.5) is 0 Å². The molecule has 0 saturated heterocycles. The molecule has 140 valence electrons. The number of benzene rings is 1. The Morgan fingerprint density at radius 3 is 2.81 bits per heavy atom. The van der Waals surface area contributed by atoms with E-state index in [9.17, 15) is 4.79 Å². The average Bonchev–Trinajstić information content (AvgIpc) is 3.07. The van der Waals surface area contributed by atoms with E-state index in [0.29, 0.717) is 18.3 Å². The first-order valence-electron chi connectivity index (χ1n) is 8.89. The zero-order valence-electron chi connectivity index (χ0n) is 15.5. The molecule has 6 nitrogen and oxygen atoms in total. The van der Waals surface area contributed by atoms with Crippen LogP contribution in [0.25, 0.3) is 0 Å². The molecule has 0 radical (unpaired) electrons. The summed E-state index contributed by atoms with van der Waals surface area (Å²) in [5.41, 5.74) is 0.940. The Labute approximate surface area is 153 Å². The summed E-state index contributed by atoms with van der Waals surface area (Å²) in [7, 11) is 1.63. The fraction of sp³-hybridized carbons (Fsp3) is 0.500. The summed E-state index contributed by atoms with van der Waals surface area (Å²) in [5.74, 6) is 1.80. The molecule has 1 saturated carbocycles. The van der Waals surface area contributed by atoms with E-state index in [1.54, 1.807) is 7.11 Å². The Balaban J connectivity index is 1.46. The number of para-hydroxylation sites is 1. The standard InChI is InChI=1S/C20H26N2O4/c1-20(2)14(9-15-11-17(12-24-3)26-22-15)10-18(20)21-19(23)13-25-16-7-5-4-6-8-16/h4-8,11,14,18H,9-10,12-13H2,1-3H3,(H,21,23)/t14-,18+/m1/s1. The van der Waals surface area contributed by atoms with Crippen molar-refractivity contribution in [3.63, 3.8) is 0 Å². The van der Waals surface area contributed by atoms with Gasteiger partial charge in [0.2, 0.25) is 0 Å². The number of hydrogen-bond acceptors (Lipinski definition) is 5. The summed E-state index contributed by atoms with van der Waals surface area (Å²) in [6.45, 7) is 4.83. The van der Waals surface area contributed by atoms with E-state index >= 15 is 0 Å². The van der Waals surface area contributed by atoms with Crippen LogP contribution in [-0.4, -0.2) is 30.8 Å². The summed E-state index contributed by atoms with van der Waals surface area (Å²) in [4.78, 5) is 12.2. The molecule has 1 aromatic heterocycles.